The summed E-state index contributed by atoms with van der Waals surface area (Å²) in [6, 6.07) is 13.4. The number of amides is 1. The number of thiazole rings is 1. The molecule has 0 spiro atoms. The second-order valence-corrected chi connectivity index (χ2v) is 6.92. The SMILES string of the molecule is CCC#Cc1ccc(-c2csc(NC(=O)c3cncn3-c3ccccc3)n2)nc1. The van der Waals surface area contributed by atoms with Crippen molar-refractivity contribution in [3.05, 3.63) is 77.8 Å². The van der Waals surface area contributed by atoms with E-state index in [-0.39, 0.29) is 5.91 Å². The van der Waals surface area contributed by atoms with Crippen LogP contribution in [0, 0.1) is 11.8 Å². The number of carbonyl (C=O) groups is 1. The predicted octanol–water partition coefficient (Wildman–Crippen LogP) is 4.40. The van der Waals surface area contributed by atoms with Crippen molar-refractivity contribution in [2.75, 3.05) is 5.32 Å². The lowest BCUT2D eigenvalue weighted by Gasteiger charge is -2.07. The van der Waals surface area contributed by atoms with Gasteiger partial charge in [0.1, 0.15) is 11.4 Å². The predicted molar refractivity (Wildman–Crippen MR) is 114 cm³/mol. The van der Waals surface area contributed by atoms with E-state index < -0.39 is 0 Å². The van der Waals surface area contributed by atoms with Crippen molar-refractivity contribution >= 4 is 22.4 Å². The first-order valence-corrected chi connectivity index (χ1v) is 9.92. The Morgan fingerprint density at radius 1 is 1.14 bits per heavy atom. The van der Waals surface area contributed by atoms with Crippen LogP contribution in [-0.4, -0.2) is 25.4 Å². The standard InChI is InChI=1S/C22H17N5OS/c1-2-3-7-16-10-11-18(24-12-16)19-14-29-22(25-19)26-21(28)20-13-23-15-27(20)17-8-5-4-6-9-17/h4-6,8-15H,2H2,1H3,(H,25,26,28). The van der Waals surface area contributed by atoms with Crippen molar-refractivity contribution in [2.24, 2.45) is 0 Å². The number of nitrogens with zero attached hydrogens (tertiary/aromatic N) is 4. The van der Waals surface area contributed by atoms with E-state index in [1.54, 1.807) is 17.1 Å². The van der Waals surface area contributed by atoms with E-state index in [1.807, 2.05) is 54.8 Å². The molecular formula is C22H17N5OS. The quantitative estimate of drug-likeness (QED) is 0.516. The van der Waals surface area contributed by atoms with Gasteiger partial charge in [0.25, 0.3) is 5.91 Å². The van der Waals surface area contributed by atoms with Crippen LogP contribution in [0.3, 0.4) is 0 Å². The molecule has 0 aliphatic rings. The van der Waals surface area contributed by atoms with Gasteiger partial charge in [-0.25, -0.2) is 9.97 Å². The number of imidazole rings is 1. The molecule has 1 amide bonds. The summed E-state index contributed by atoms with van der Waals surface area (Å²) in [6.07, 6.45) is 5.69. The number of anilines is 1. The van der Waals surface area contributed by atoms with E-state index >= 15 is 0 Å². The molecule has 0 unspecified atom stereocenters. The Morgan fingerprint density at radius 3 is 2.76 bits per heavy atom. The molecule has 1 aromatic carbocycles. The van der Waals surface area contributed by atoms with E-state index in [0.717, 1.165) is 23.4 Å². The van der Waals surface area contributed by atoms with Crippen LogP contribution in [0.25, 0.3) is 17.1 Å². The summed E-state index contributed by atoms with van der Waals surface area (Å²) in [4.78, 5) is 25.7. The smallest absolute Gasteiger partial charge is 0.276 e. The van der Waals surface area contributed by atoms with Crippen molar-refractivity contribution in [1.29, 1.82) is 0 Å². The minimum absolute atomic E-state index is 0.273. The van der Waals surface area contributed by atoms with Crippen LogP contribution < -0.4 is 5.32 Å². The number of aromatic nitrogens is 4. The molecule has 6 nitrogen and oxygen atoms in total. The van der Waals surface area contributed by atoms with E-state index in [9.17, 15) is 4.79 Å². The van der Waals surface area contributed by atoms with Gasteiger partial charge in [0.05, 0.1) is 18.2 Å². The number of nitrogens with one attached hydrogen (secondary N) is 1. The molecule has 1 N–H and O–H groups in total. The first-order chi connectivity index (χ1) is 14.2. The van der Waals surface area contributed by atoms with Gasteiger partial charge in [0, 0.05) is 29.2 Å². The lowest BCUT2D eigenvalue weighted by Crippen LogP contribution is -2.15. The fraction of sp³-hybridized carbons (Fsp3) is 0.0909. The maximum atomic E-state index is 12.7. The number of hydrogen-bond acceptors (Lipinski definition) is 5. The number of hydrogen-bond donors (Lipinski definition) is 1. The Morgan fingerprint density at radius 2 is 2.00 bits per heavy atom. The molecule has 0 aliphatic heterocycles. The zero-order chi connectivity index (χ0) is 20.1. The maximum Gasteiger partial charge on any atom is 0.276 e. The molecule has 7 heteroatoms. The van der Waals surface area contributed by atoms with Crippen LogP contribution in [0.4, 0.5) is 5.13 Å². The van der Waals surface area contributed by atoms with Crippen molar-refractivity contribution in [1.82, 2.24) is 19.5 Å². The molecule has 3 heterocycles. The van der Waals surface area contributed by atoms with E-state index in [1.165, 1.54) is 17.5 Å². The molecular weight excluding hydrogens is 382 g/mol. The van der Waals surface area contributed by atoms with Crippen LogP contribution in [0.5, 0.6) is 0 Å². The number of rotatable bonds is 4. The topological polar surface area (TPSA) is 72.7 Å². The molecule has 0 saturated carbocycles. The van der Waals surface area contributed by atoms with E-state index in [4.69, 9.17) is 0 Å². The van der Waals surface area contributed by atoms with Gasteiger partial charge in [0.2, 0.25) is 0 Å². The van der Waals surface area contributed by atoms with Crippen LogP contribution in [-0.2, 0) is 0 Å². The average Bonchev–Trinajstić information content (AvgIpc) is 3.43. The van der Waals surface area contributed by atoms with Gasteiger partial charge >= 0.3 is 0 Å². The molecule has 142 valence electrons. The fourth-order valence-electron chi connectivity index (χ4n) is 2.68. The zero-order valence-electron chi connectivity index (χ0n) is 15.7. The summed E-state index contributed by atoms with van der Waals surface area (Å²) in [7, 11) is 0. The Bertz CT molecular complexity index is 1180. The number of carbonyl (C=O) groups excluding carboxylic acids is 1. The summed E-state index contributed by atoms with van der Waals surface area (Å²) >= 11 is 1.35. The third-order valence-electron chi connectivity index (χ3n) is 4.07. The maximum absolute atomic E-state index is 12.7. The highest BCUT2D eigenvalue weighted by molar-refractivity contribution is 7.14. The minimum atomic E-state index is -0.273. The molecule has 4 aromatic rings. The highest BCUT2D eigenvalue weighted by atomic mass is 32.1. The summed E-state index contributed by atoms with van der Waals surface area (Å²) in [5.74, 6) is 5.79. The summed E-state index contributed by atoms with van der Waals surface area (Å²) in [6.45, 7) is 2.01. The van der Waals surface area contributed by atoms with Crippen molar-refractivity contribution in [3.63, 3.8) is 0 Å². The highest BCUT2D eigenvalue weighted by Crippen LogP contribution is 2.24. The Labute approximate surface area is 172 Å². The lowest BCUT2D eigenvalue weighted by atomic mass is 10.2. The largest absolute Gasteiger partial charge is 0.296 e. The molecule has 4 rings (SSSR count). The Balaban J connectivity index is 1.50. The van der Waals surface area contributed by atoms with Gasteiger partial charge < -0.3 is 0 Å². The van der Waals surface area contributed by atoms with Crippen LogP contribution in [0.2, 0.25) is 0 Å². The number of pyridine rings is 1. The third kappa shape index (κ3) is 4.23. The molecule has 0 fully saturated rings. The molecule has 0 radical (unpaired) electrons. The average molecular weight is 399 g/mol. The number of para-hydroxylation sites is 1. The first kappa shape index (κ1) is 18.6. The molecule has 29 heavy (non-hydrogen) atoms. The molecule has 0 aliphatic carbocycles. The highest BCUT2D eigenvalue weighted by Gasteiger charge is 2.15. The lowest BCUT2D eigenvalue weighted by molar-refractivity contribution is 0.102. The monoisotopic (exact) mass is 399 g/mol. The Kier molecular flexibility index (Phi) is 5.45. The van der Waals surface area contributed by atoms with Gasteiger partial charge in [-0.1, -0.05) is 37.0 Å². The van der Waals surface area contributed by atoms with Crippen LogP contribution in [0.1, 0.15) is 29.4 Å². The van der Waals surface area contributed by atoms with Gasteiger partial charge in [0.15, 0.2) is 5.13 Å². The van der Waals surface area contributed by atoms with E-state index in [2.05, 4.69) is 32.1 Å². The second kappa shape index (κ2) is 8.50. The van der Waals surface area contributed by atoms with Gasteiger partial charge in [-0.05, 0) is 24.3 Å². The Hall–Kier alpha value is -3.76. The zero-order valence-corrected chi connectivity index (χ0v) is 16.5. The number of benzene rings is 1. The summed E-state index contributed by atoms with van der Waals surface area (Å²) in [5.41, 5.74) is 3.61. The first-order valence-electron chi connectivity index (χ1n) is 9.04. The summed E-state index contributed by atoms with van der Waals surface area (Å²) < 4.78 is 1.74. The van der Waals surface area contributed by atoms with Crippen molar-refractivity contribution in [3.8, 4) is 28.9 Å². The molecule has 0 saturated heterocycles. The van der Waals surface area contributed by atoms with Crippen LogP contribution >= 0.6 is 11.3 Å². The minimum Gasteiger partial charge on any atom is -0.296 e. The summed E-state index contributed by atoms with van der Waals surface area (Å²) in [5, 5.41) is 5.21. The molecule has 3 aromatic heterocycles. The van der Waals surface area contributed by atoms with Gasteiger partial charge in [-0.3, -0.25) is 19.7 Å². The van der Waals surface area contributed by atoms with Crippen molar-refractivity contribution in [2.45, 2.75) is 13.3 Å². The van der Waals surface area contributed by atoms with Gasteiger partial charge in [-0.2, -0.15) is 0 Å². The molecule has 0 bridgehead atoms. The fourth-order valence-corrected chi connectivity index (χ4v) is 3.38. The second-order valence-electron chi connectivity index (χ2n) is 6.06. The third-order valence-corrected chi connectivity index (χ3v) is 4.82. The molecule has 0 atom stereocenters. The van der Waals surface area contributed by atoms with Crippen LogP contribution in [0.15, 0.2) is 66.6 Å². The van der Waals surface area contributed by atoms with Gasteiger partial charge in [-0.15, -0.1) is 11.3 Å². The van der Waals surface area contributed by atoms with E-state index in [0.29, 0.717) is 16.5 Å². The normalized spacial score (nSPS) is 10.2. The van der Waals surface area contributed by atoms with Crippen molar-refractivity contribution < 1.29 is 4.79 Å².